The maximum absolute atomic E-state index is 12.0. The molecule has 0 bridgehead atoms. The lowest BCUT2D eigenvalue weighted by Crippen LogP contribution is -2.38. The molecule has 24 heavy (non-hydrogen) atoms. The average molecular weight is 353 g/mol. The predicted molar refractivity (Wildman–Crippen MR) is 87.3 cm³/mol. The van der Waals surface area contributed by atoms with Crippen molar-refractivity contribution in [3.8, 4) is 0 Å². The summed E-state index contributed by atoms with van der Waals surface area (Å²) in [6.07, 6.45) is 0.583. The van der Waals surface area contributed by atoms with Crippen LogP contribution in [0.5, 0.6) is 0 Å². The summed E-state index contributed by atoms with van der Waals surface area (Å²) in [6, 6.07) is 5.64. The van der Waals surface area contributed by atoms with Gasteiger partial charge in [-0.25, -0.2) is 0 Å². The van der Waals surface area contributed by atoms with Gasteiger partial charge in [0.2, 0.25) is 5.91 Å². The van der Waals surface area contributed by atoms with Crippen molar-refractivity contribution in [1.29, 1.82) is 0 Å². The van der Waals surface area contributed by atoms with Gasteiger partial charge in [0.15, 0.2) is 0 Å². The van der Waals surface area contributed by atoms with Gasteiger partial charge in [-0.1, -0.05) is 12.1 Å². The zero-order valence-corrected chi connectivity index (χ0v) is 14.2. The van der Waals surface area contributed by atoms with E-state index in [1.807, 2.05) is 0 Å². The Labute approximate surface area is 140 Å². The molecule has 1 aromatic rings. The van der Waals surface area contributed by atoms with Crippen LogP contribution in [0.15, 0.2) is 33.6 Å². The standard InChI is InChI=1S/C15H19N3O5S/c1-10(15(20)21)16-13(19)8-5-9-18(2)14-11-6-3-4-7-12(11)24(22,23)17-14/h3-4,6-7,10H,5,8-9H2,1-2H3,(H,16,19)(H,20,21)/t10-/m0/s1. The van der Waals surface area contributed by atoms with E-state index in [4.69, 9.17) is 5.11 Å². The summed E-state index contributed by atoms with van der Waals surface area (Å²) in [7, 11) is -1.96. The van der Waals surface area contributed by atoms with Gasteiger partial charge in [-0.05, 0) is 25.5 Å². The van der Waals surface area contributed by atoms with Gasteiger partial charge in [-0.2, -0.15) is 8.42 Å². The van der Waals surface area contributed by atoms with Crippen LogP contribution in [0, 0.1) is 0 Å². The van der Waals surface area contributed by atoms with Crippen molar-refractivity contribution in [2.45, 2.75) is 30.7 Å². The molecule has 1 aliphatic heterocycles. The van der Waals surface area contributed by atoms with Crippen LogP contribution in [0.1, 0.15) is 25.3 Å². The second kappa shape index (κ2) is 7.00. The molecule has 1 atom stereocenters. The van der Waals surface area contributed by atoms with Crippen LogP contribution in [0.3, 0.4) is 0 Å². The van der Waals surface area contributed by atoms with Crippen LogP contribution in [-0.2, 0) is 19.6 Å². The number of amides is 1. The molecule has 1 heterocycles. The first kappa shape index (κ1) is 17.9. The molecule has 0 aromatic heterocycles. The SMILES string of the molecule is C[C@H](NC(=O)CCCN(C)C1=NS(=O)(=O)c2ccccc21)C(=O)O. The van der Waals surface area contributed by atoms with Gasteiger partial charge < -0.3 is 15.3 Å². The lowest BCUT2D eigenvalue weighted by molar-refractivity contribution is -0.141. The molecule has 0 saturated carbocycles. The first-order valence-corrected chi connectivity index (χ1v) is 8.84. The lowest BCUT2D eigenvalue weighted by atomic mass is 10.2. The smallest absolute Gasteiger partial charge is 0.325 e. The third-order valence-electron chi connectivity index (χ3n) is 3.62. The largest absolute Gasteiger partial charge is 0.480 e. The Morgan fingerprint density at radius 1 is 1.33 bits per heavy atom. The second-order valence-electron chi connectivity index (χ2n) is 5.54. The normalized spacial score (nSPS) is 16.0. The van der Waals surface area contributed by atoms with Gasteiger partial charge in [-0.15, -0.1) is 4.40 Å². The summed E-state index contributed by atoms with van der Waals surface area (Å²) in [5, 5.41) is 11.1. The van der Waals surface area contributed by atoms with Gasteiger partial charge in [-0.3, -0.25) is 9.59 Å². The molecule has 1 aromatic carbocycles. The molecule has 2 rings (SSSR count). The fourth-order valence-electron chi connectivity index (χ4n) is 2.32. The molecule has 2 N–H and O–H groups in total. The summed E-state index contributed by atoms with van der Waals surface area (Å²) in [5.74, 6) is -1.10. The Morgan fingerprint density at radius 2 is 2.00 bits per heavy atom. The zero-order chi connectivity index (χ0) is 17.9. The van der Waals surface area contributed by atoms with E-state index in [9.17, 15) is 18.0 Å². The van der Waals surface area contributed by atoms with Crippen LogP contribution >= 0.6 is 0 Å². The number of amidine groups is 1. The second-order valence-corrected chi connectivity index (χ2v) is 7.11. The lowest BCUT2D eigenvalue weighted by Gasteiger charge is -2.19. The van der Waals surface area contributed by atoms with Crippen LogP contribution in [0.2, 0.25) is 0 Å². The number of nitrogens with one attached hydrogen (secondary N) is 1. The third-order valence-corrected chi connectivity index (χ3v) is 4.94. The van der Waals surface area contributed by atoms with E-state index >= 15 is 0 Å². The Hall–Kier alpha value is -2.42. The van der Waals surface area contributed by atoms with Gasteiger partial charge in [0.1, 0.15) is 16.8 Å². The fourth-order valence-corrected chi connectivity index (χ4v) is 3.57. The number of sulfonamides is 1. The fraction of sp³-hybridized carbons (Fsp3) is 0.400. The number of nitrogens with zero attached hydrogens (tertiary/aromatic N) is 2. The monoisotopic (exact) mass is 353 g/mol. The molecule has 9 heteroatoms. The van der Waals surface area contributed by atoms with Crippen molar-refractivity contribution in [3.63, 3.8) is 0 Å². The molecule has 0 unspecified atom stereocenters. The van der Waals surface area contributed by atoms with Crippen LogP contribution in [0.25, 0.3) is 0 Å². The average Bonchev–Trinajstić information content (AvgIpc) is 2.79. The number of benzene rings is 1. The summed E-state index contributed by atoms with van der Waals surface area (Å²) >= 11 is 0. The van der Waals surface area contributed by atoms with Crippen molar-refractivity contribution >= 4 is 27.7 Å². The Bertz CT molecular complexity index is 788. The highest BCUT2D eigenvalue weighted by molar-refractivity contribution is 7.90. The third kappa shape index (κ3) is 3.91. The number of carbonyl (C=O) groups is 2. The zero-order valence-electron chi connectivity index (χ0n) is 13.4. The quantitative estimate of drug-likeness (QED) is 0.766. The van der Waals surface area contributed by atoms with Gasteiger partial charge >= 0.3 is 5.97 Å². The number of hydrogen-bond donors (Lipinski definition) is 2. The minimum Gasteiger partial charge on any atom is -0.480 e. The van der Waals surface area contributed by atoms with E-state index in [1.165, 1.54) is 13.0 Å². The van der Waals surface area contributed by atoms with Crippen LogP contribution in [0.4, 0.5) is 0 Å². The number of aliphatic carboxylic acids is 1. The van der Waals surface area contributed by atoms with Gasteiger partial charge in [0.25, 0.3) is 10.0 Å². The van der Waals surface area contributed by atoms with Crippen LogP contribution < -0.4 is 5.32 Å². The summed E-state index contributed by atoms with van der Waals surface area (Å²) < 4.78 is 27.8. The molecule has 1 amide bonds. The highest BCUT2D eigenvalue weighted by atomic mass is 32.2. The molecular weight excluding hydrogens is 334 g/mol. The van der Waals surface area contributed by atoms with E-state index in [1.54, 1.807) is 30.1 Å². The van der Waals surface area contributed by atoms with E-state index in [0.29, 0.717) is 24.4 Å². The highest BCUT2D eigenvalue weighted by Gasteiger charge is 2.30. The van der Waals surface area contributed by atoms with E-state index < -0.39 is 22.0 Å². The van der Waals surface area contributed by atoms with Crippen molar-refractivity contribution in [3.05, 3.63) is 29.8 Å². The van der Waals surface area contributed by atoms with Crippen molar-refractivity contribution < 1.29 is 23.1 Å². The van der Waals surface area contributed by atoms with E-state index in [-0.39, 0.29) is 17.2 Å². The highest BCUT2D eigenvalue weighted by Crippen LogP contribution is 2.26. The number of carbonyl (C=O) groups excluding carboxylic acids is 1. The number of carboxylic acids is 1. The number of fused-ring (bicyclic) bond motifs is 1. The van der Waals surface area contributed by atoms with Gasteiger partial charge in [0.05, 0.1) is 0 Å². The summed E-state index contributed by atoms with van der Waals surface area (Å²) in [5.41, 5.74) is 0.545. The maximum Gasteiger partial charge on any atom is 0.325 e. The first-order valence-electron chi connectivity index (χ1n) is 7.40. The van der Waals surface area contributed by atoms with Crippen LogP contribution in [-0.4, -0.2) is 55.8 Å². The van der Waals surface area contributed by atoms with Gasteiger partial charge in [0, 0.05) is 25.6 Å². The van der Waals surface area contributed by atoms with Crippen molar-refractivity contribution in [2.75, 3.05) is 13.6 Å². The Morgan fingerprint density at radius 3 is 2.67 bits per heavy atom. The molecule has 0 fully saturated rings. The summed E-state index contributed by atoms with van der Waals surface area (Å²) in [6.45, 7) is 1.80. The number of rotatable bonds is 6. The molecule has 0 radical (unpaired) electrons. The van der Waals surface area contributed by atoms with E-state index in [0.717, 1.165) is 0 Å². The van der Waals surface area contributed by atoms with Crippen molar-refractivity contribution in [2.24, 2.45) is 4.40 Å². The van der Waals surface area contributed by atoms with Crippen molar-refractivity contribution in [1.82, 2.24) is 10.2 Å². The first-order chi connectivity index (χ1) is 11.2. The molecule has 0 aliphatic carbocycles. The number of carboxylic acid groups (broad SMARTS) is 1. The Balaban J connectivity index is 1.94. The minimum atomic E-state index is -3.66. The topological polar surface area (TPSA) is 116 Å². The minimum absolute atomic E-state index is 0.142. The van der Waals surface area contributed by atoms with E-state index in [2.05, 4.69) is 9.71 Å². The predicted octanol–water partition coefficient (Wildman–Crippen LogP) is 0.437. The molecular formula is C15H19N3O5S. The molecule has 130 valence electrons. The molecule has 0 spiro atoms. The Kier molecular flexibility index (Phi) is 5.23. The maximum atomic E-state index is 12.0. The molecule has 8 nitrogen and oxygen atoms in total. The molecule has 1 aliphatic rings. The number of hydrogen-bond acceptors (Lipinski definition) is 5. The summed E-state index contributed by atoms with van der Waals surface area (Å²) in [4.78, 5) is 24.2. The molecule has 0 saturated heterocycles.